The number of hydrogen-bond donors (Lipinski definition) is 1. The first-order valence-electron chi connectivity index (χ1n) is 6.89. The molecule has 20 heavy (non-hydrogen) atoms. The number of para-hydroxylation sites is 1. The first kappa shape index (κ1) is 13.0. The lowest BCUT2D eigenvalue weighted by molar-refractivity contribution is 0.214. The van der Waals surface area contributed by atoms with E-state index < -0.39 is 0 Å². The lowest BCUT2D eigenvalue weighted by Crippen LogP contribution is -2.29. The maximum atomic E-state index is 13.4. The third-order valence-electron chi connectivity index (χ3n) is 3.84. The Morgan fingerprint density at radius 2 is 2.00 bits per heavy atom. The summed E-state index contributed by atoms with van der Waals surface area (Å²) < 4.78 is 19.2. The fourth-order valence-corrected chi connectivity index (χ4v) is 2.63. The molecule has 0 spiro atoms. The molecule has 104 valence electrons. The average molecular weight is 271 g/mol. The van der Waals surface area contributed by atoms with Crippen LogP contribution in [0.1, 0.15) is 24.1 Å². The molecule has 2 aromatic carbocycles. The number of halogens is 1. The molecule has 0 aromatic heterocycles. The van der Waals surface area contributed by atoms with Crippen LogP contribution >= 0.6 is 0 Å². The van der Waals surface area contributed by atoms with Crippen LogP contribution < -0.4 is 10.1 Å². The highest BCUT2D eigenvalue weighted by atomic mass is 19.1. The molecule has 0 fully saturated rings. The van der Waals surface area contributed by atoms with E-state index in [0.717, 1.165) is 22.6 Å². The van der Waals surface area contributed by atoms with Gasteiger partial charge in [0.2, 0.25) is 0 Å². The number of benzene rings is 2. The minimum Gasteiger partial charge on any atom is -0.493 e. The molecule has 1 aliphatic rings. The smallest absolute Gasteiger partial charge is 0.125 e. The highest BCUT2D eigenvalue weighted by molar-refractivity contribution is 5.54. The molecule has 1 N–H and O–H groups in total. The molecule has 2 aromatic rings. The highest BCUT2D eigenvalue weighted by Crippen LogP contribution is 2.37. The van der Waals surface area contributed by atoms with Crippen LogP contribution in [0.4, 0.5) is 10.1 Å². The normalized spacial score (nSPS) is 20.9. The third kappa shape index (κ3) is 2.36. The van der Waals surface area contributed by atoms with Crippen LogP contribution in [-0.4, -0.2) is 6.61 Å². The quantitative estimate of drug-likeness (QED) is 0.878. The van der Waals surface area contributed by atoms with E-state index in [2.05, 4.69) is 18.3 Å². The van der Waals surface area contributed by atoms with Crippen LogP contribution in [0, 0.1) is 18.7 Å². The number of rotatable bonds is 2. The van der Waals surface area contributed by atoms with Gasteiger partial charge in [-0.25, -0.2) is 4.39 Å². The number of hydrogen-bond acceptors (Lipinski definition) is 2. The van der Waals surface area contributed by atoms with E-state index in [1.807, 2.05) is 25.1 Å². The topological polar surface area (TPSA) is 21.3 Å². The molecule has 1 heterocycles. The third-order valence-corrected chi connectivity index (χ3v) is 3.84. The predicted octanol–water partition coefficient (Wildman–Crippen LogP) is 4.32. The molecule has 2 atom stereocenters. The molecular formula is C17H18FNO. The van der Waals surface area contributed by atoms with Crippen LogP contribution in [0.5, 0.6) is 5.75 Å². The van der Waals surface area contributed by atoms with Crippen LogP contribution in [0.2, 0.25) is 0 Å². The summed E-state index contributed by atoms with van der Waals surface area (Å²) in [6, 6.07) is 13.0. The number of fused-ring (bicyclic) bond motifs is 1. The van der Waals surface area contributed by atoms with Crippen LogP contribution in [0.3, 0.4) is 0 Å². The van der Waals surface area contributed by atoms with Crippen LogP contribution in [0.25, 0.3) is 0 Å². The van der Waals surface area contributed by atoms with Crippen molar-refractivity contribution in [1.82, 2.24) is 0 Å². The van der Waals surface area contributed by atoms with Gasteiger partial charge in [-0.3, -0.25) is 0 Å². The van der Waals surface area contributed by atoms with Crippen molar-refractivity contribution >= 4 is 5.69 Å². The summed E-state index contributed by atoms with van der Waals surface area (Å²) in [5.74, 6) is 1.02. The number of nitrogens with one attached hydrogen (secondary N) is 1. The molecule has 0 bridgehead atoms. The second-order valence-electron chi connectivity index (χ2n) is 5.41. The first-order valence-corrected chi connectivity index (χ1v) is 6.89. The second-order valence-corrected chi connectivity index (χ2v) is 5.41. The zero-order valence-electron chi connectivity index (χ0n) is 11.7. The van der Waals surface area contributed by atoms with Gasteiger partial charge in [0.15, 0.2) is 0 Å². The Hall–Kier alpha value is -2.03. The van der Waals surface area contributed by atoms with E-state index >= 15 is 0 Å². The molecule has 0 saturated heterocycles. The molecular weight excluding hydrogens is 253 g/mol. The minimum atomic E-state index is -0.217. The Morgan fingerprint density at radius 1 is 1.20 bits per heavy atom. The van der Waals surface area contributed by atoms with Gasteiger partial charge in [-0.05, 0) is 30.7 Å². The van der Waals surface area contributed by atoms with Crippen molar-refractivity contribution in [3.05, 3.63) is 59.4 Å². The highest BCUT2D eigenvalue weighted by Gasteiger charge is 2.27. The van der Waals surface area contributed by atoms with Gasteiger partial charge >= 0.3 is 0 Å². The van der Waals surface area contributed by atoms with Gasteiger partial charge in [0.1, 0.15) is 11.6 Å². The summed E-state index contributed by atoms with van der Waals surface area (Å²) in [6.07, 6.45) is 0. The summed E-state index contributed by atoms with van der Waals surface area (Å²) >= 11 is 0. The zero-order chi connectivity index (χ0) is 14.1. The van der Waals surface area contributed by atoms with E-state index in [9.17, 15) is 4.39 Å². The standard InChI is InChI=1S/C17H18FNO/c1-11-7-8-13(18)9-15(11)19-17-12(2)10-20-16-6-4-3-5-14(16)17/h3-9,12,17,19H,10H2,1-2H3. The summed E-state index contributed by atoms with van der Waals surface area (Å²) in [6.45, 7) is 4.79. The van der Waals surface area contributed by atoms with E-state index in [1.54, 1.807) is 12.1 Å². The fourth-order valence-electron chi connectivity index (χ4n) is 2.63. The molecule has 3 rings (SSSR count). The van der Waals surface area contributed by atoms with Gasteiger partial charge in [0.05, 0.1) is 12.6 Å². The number of anilines is 1. The number of ether oxygens (including phenoxy) is 1. The van der Waals surface area contributed by atoms with Crippen molar-refractivity contribution < 1.29 is 9.13 Å². The van der Waals surface area contributed by atoms with Gasteiger partial charge in [-0.1, -0.05) is 31.2 Å². The SMILES string of the molecule is Cc1ccc(F)cc1NC1c2ccccc2OCC1C. The lowest BCUT2D eigenvalue weighted by atomic mass is 9.91. The van der Waals surface area contributed by atoms with Gasteiger partial charge in [-0.15, -0.1) is 0 Å². The summed E-state index contributed by atoms with van der Waals surface area (Å²) in [5, 5.41) is 3.48. The molecule has 0 amide bonds. The van der Waals surface area contributed by atoms with Gasteiger partial charge in [0, 0.05) is 17.2 Å². The van der Waals surface area contributed by atoms with Gasteiger partial charge in [0.25, 0.3) is 0 Å². The lowest BCUT2D eigenvalue weighted by Gasteiger charge is -2.33. The predicted molar refractivity (Wildman–Crippen MR) is 78.6 cm³/mol. The Labute approximate surface area is 118 Å². The Kier molecular flexibility index (Phi) is 3.35. The average Bonchev–Trinajstić information content (AvgIpc) is 2.46. The Morgan fingerprint density at radius 3 is 2.85 bits per heavy atom. The molecule has 3 heteroatoms. The van der Waals surface area contributed by atoms with E-state index in [-0.39, 0.29) is 11.9 Å². The zero-order valence-corrected chi connectivity index (χ0v) is 11.7. The van der Waals surface area contributed by atoms with Crippen molar-refractivity contribution in [2.24, 2.45) is 5.92 Å². The largest absolute Gasteiger partial charge is 0.493 e. The van der Waals surface area contributed by atoms with Crippen LogP contribution in [-0.2, 0) is 0 Å². The minimum absolute atomic E-state index is 0.139. The van der Waals surface area contributed by atoms with Gasteiger partial charge in [-0.2, -0.15) is 0 Å². The van der Waals surface area contributed by atoms with E-state index in [0.29, 0.717) is 12.5 Å². The Balaban J connectivity index is 1.95. The summed E-state index contributed by atoms with van der Waals surface area (Å²) in [4.78, 5) is 0. The van der Waals surface area contributed by atoms with Crippen LogP contribution in [0.15, 0.2) is 42.5 Å². The molecule has 0 radical (unpaired) electrons. The van der Waals surface area contributed by atoms with Gasteiger partial charge < -0.3 is 10.1 Å². The fraction of sp³-hybridized carbons (Fsp3) is 0.294. The van der Waals surface area contributed by atoms with Crippen molar-refractivity contribution in [1.29, 1.82) is 0 Å². The molecule has 2 unspecified atom stereocenters. The van der Waals surface area contributed by atoms with Crippen molar-refractivity contribution in [2.45, 2.75) is 19.9 Å². The summed E-state index contributed by atoms with van der Waals surface area (Å²) in [7, 11) is 0. The summed E-state index contributed by atoms with van der Waals surface area (Å²) in [5.41, 5.74) is 3.02. The van der Waals surface area contributed by atoms with E-state index in [1.165, 1.54) is 6.07 Å². The molecule has 2 nitrogen and oxygen atoms in total. The maximum absolute atomic E-state index is 13.4. The second kappa shape index (κ2) is 5.16. The monoisotopic (exact) mass is 271 g/mol. The Bertz CT molecular complexity index is 626. The molecule has 0 saturated carbocycles. The number of aryl methyl sites for hydroxylation is 1. The maximum Gasteiger partial charge on any atom is 0.125 e. The first-order chi connectivity index (χ1) is 9.65. The van der Waals surface area contributed by atoms with Crippen molar-refractivity contribution in [3.8, 4) is 5.75 Å². The molecule has 1 aliphatic heterocycles. The van der Waals surface area contributed by atoms with E-state index in [4.69, 9.17) is 4.74 Å². The molecule has 0 aliphatic carbocycles. The van der Waals surface area contributed by atoms with Crippen molar-refractivity contribution in [3.63, 3.8) is 0 Å². The van der Waals surface area contributed by atoms with Crippen molar-refractivity contribution in [2.75, 3.05) is 11.9 Å².